The van der Waals surface area contributed by atoms with Gasteiger partial charge in [-0.25, -0.2) is 9.97 Å². The number of hydrogen-bond acceptors (Lipinski definition) is 4. The molecule has 1 atom stereocenters. The molecule has 19 heavy (non-hydrogen) atoms. The van der Waals surface area contributed by atoms with Gasteiger partial charge in [0.25, 0.3) is 5.91 Å². The number of benzene rings is 1. The number of aromatic nitrogens is 2. The average molecular weight is 257 g/mol. The van der Waals surface area contributed by atoms with Crippen LogP contribution < -0.4 is 5.32 Å². The molecule has 0 fully saturated rings. The van der Waals surface area contributed by atoms with Gasteiger partial charge >= 0.3 is 0 Å². The SMILES string of the molecule is Cc1ccnc(-c2ccc(NC(=O)C(C)O)cc2)n1. The van der Waals surface area contributed by atoms with Crippen LogP contribution in [-0.4, -0.2) is 27.1 Å². The van der Waals surface area contributed by atoms with Gasteiger partial charge in [-0.3, -0.25) is 4.79 Å². The van der Waals surface area contributed by atoms with Gasteiger partial charge in [0.15, 0.2) is 5.82 Å². The zero-order valence-electron chi connectivity index (χ0n) is 10.8. The van der Waals surface area contributed by atoms with E-state index in [0.29, 0.717) is 11.5 Å². The fraction of sp³-hybridized carbons (Fsp3) is 0.214. The zero-order valence-corrected chi connectivity index (χ0v) is 10.8. The fourth-order valence-electron chi connectivity index (χ4n) is 1.54. The third-order valence-corrected chi connectivity index (χ3v) is 2.58. The van der Waals surface area contributed by atoms with Crippen LogP contribution in [0.15, 0.2) is 36.5 Å². The van der Waals surface area contributed by atoms with Crippen molar-refractivity contribution in [3.8, 4) is 11.4 Å². The number of aliphatic hydroxyl groups is 1. The number of carbonyl (C=O) groups is 1. The van der Waals surface area contributed by atoms with E-state index in [0.717, 1.165) is 11.3 Å². The molecule has 0 aliphatic carbocycles. The van der Waals surface area contributed by atoms with E-state index in [4.69, 9.17) is 5.11 Å². The molecule has 1 aromatic carbocycles. The third kappa shape index (κ3) is 3.35. The minimum absolute atomic E-state index is 0.431. The first-order valence-electron chi connectivity index (χ1n) is 5.95. The van der Waals surface area contributed by atoms with Crippen LogP contribution in [0.4, 0.5) is 5.69 Å². The van der Waals surface area contributed by atoms with Gasteiger partial charge in [0, 0.05) is 23.1 Å². The molecule has 1 unspecified atom stereocenters. The van der Waals surface area contributed by atoms with Crippen molar-refractivity contribution >= 4 is 11.6 Å². The molecule has 1 heterocycles. The van der Waals surface area contributed by atoms with E-state index in [1.807, 2.05) is 25.1 Å². The van der Waals surface area contributed by atoms with Crippen molar-refractivity contribution in [2.24, 2.45) is 0 Å². The lowest BCUT2D eigenvalue weighted by Gasteiger charge is -2.07. The molecule has 0 aliphatic rings. The minimum Gasteiger partial charge on any atom is -0.384 e. The topological polar surface area (TPSA) is 75.1 Å². The summed E-state index contributed by atoms with van der Waals surface area (Å²) in [6.07, 6.45) is 0.681. The summed E-state index contributed by atoms with van der Waals surface area (Å²) < 4.78 is 0. The second-order valence-electron chi connectivity index (χ2n) is 4.26. The van der Waals surface area contributed by atoms with Gasteiger partial charge in [-0.1, -0.05) is 0 Å². The maximum absolute atomic E-state index is 11.3. The Morgan fingerprint density at radius 2 is 1.95 bits per heavy atom. The molecular formula is C14H15N3O2. The summed E-state index contributed by atoms with van der Waals surface area (Å²) in [5, 5.41) is 11.7. The van der Waals surface area contributed by atoms with Crippen molar-refractivity contribution in [2.45, 2.75) is 20.0 Å². The van der Waals surface area contributed by atoms with Gasteiger partial charge in [-0.2, -0.15) is 0 Å². The second-order valence-corrected chi connectivity index (χ2v) is 4.26. The lowest BCUT2D eigenvalue weighted by Crippen LogP contribution is -2.24. The Kier molecular flexibility index (Phi) is 3.87. The van der Waals surface area contributed by atoms with Gasteiger partial charge in [0.2, 0.25) is 0 Å². The first-order chi connectivity index (χ1) is 9.06. The molecule has 0 aliphatic heterocycles. The summed E-state index contributed by atoms with van der Waals surface area (Å²) in [6, 6.07) is 8.99. The van der Waals surface area contributed by atoms with E-state index >= 15 is 0 Å². The zero-order chi connectivity index (χ0) is 13.8. The Hall–Kier alpha value is -2.27. The summed E-state index contributed by atoms with van der Waals surface area (Å²) in [6.45, 7) is 3.33. The van der Waals surface area contributed by atoms with Crippen LogP contribution in [0, 0.1) is 6.92 Å². The van der Waals surface area contributed by atoms with E-state index in [2.05, 4.69) is 15.3 Å². The van der Waals surface area contributed by atoms with Crippen LogP contribution in [0.25, 0.3) is 11.4 Å². The number of rotatable bonds is 3. The van der Waals surface area contributed by atoms with Gasteiger partial charge in [0.1, 0.15) is 6.10 Å². The highest BCUT2D eigenvalue weighted by atomic mass is 16.3. The number of anilines is 1. The quantitative estimate of drug-likeness (QED) is 0.878. The molecule has 1 aromatic heterocycles. The average Bonchev–Trinajstić information content (AvgIpc) is 2.39. The third-order valence-electron chi connectivity index (χ3n) is 2.58. The molecule has 5 nitrogen and oxygen atoms in total. The maximum Gasteiger partial charge on any atom is 0.252 e. The Morgan fingerprint density at radius 1 is 1.26 bits per heavy atom. The molecule has 0 saturated carbocycles. The first kappa shape index (κ1) is 13.2. The van der Waals surface area contributed by atoms with E-state index in [1.54, 1.807) is 18.3 Å². The highest BCUT2D eigenvalue weighted by molar-refractivity contribution is 5.93. The standard InChI is InChI=1S/C14H15N3O2/c1-9-7-8-15-13(16-9)11-3-5-12(6-4-11)17-14(19)10(2)18/h3-8,10,18H,1-2H3,(H,17,19). The number of carbonyl (C=O) groups excluding carboxylic acids is 1. The van der Waals surface area contributed by atoms with Crippen LogP contribution in [0.5, 0.6) is 0 Å². The van der Waals surface area contributed by atoms with Gasteiger partial charge in [0.05, 0.1) is 0 Å². The number of hydrogen-bond donors (Lipinski definition) is 2. The molecule has 0 saturated heterocycles. The summed E-state index contributed by atoms with van der Waals surface area (Å²) in [5.74, 6) is 0.216. The van der Waals surface area contributed by atoms with Gasteiger partial charge in [-0.05, 0) is 44.2 Å². The molecule has 0 spiro atoms. The molecule has 0 bridgehead atoms. The fourth-order valence-corrected chi connectivity index (χ4v) is 1.54. The number of nitrogens with zero attached hydrogens (tertiary/aromatic N) is 2. The van der Waals surface area contributed by atoms with Crippen LogP contribution in [0.3, 0.4) is 0 Å². The van der Waals surface area contributed by atoms with E-state index in [9.17, 15) is 4.79 Å². The minimum atomic E-state index is -1.03. The number of amides is 1. The Labute approximate surface area is 111 Å². The van der Waals surface area contributed by atoms with Crippen molar-refractivity contribution < 1.29 is 9.90 Å². The van der Waals surface area contributed by atoms with Crippen molar-refractivity contribution in [3.05, 3.63) is 42.2 Å². The normalized spacial score (nSPS) is 11.9. The van der Waals surface area contributed by atoms with Crippen LogP contribution in [0.2, 0.25) is 0 Å². The molecule has 0 radical (unpaired) electrons. The Morgan fingerprint density at radius 3 is 2.53 bits per heavy atom. The monoisotopic (exact) mass is 257 g/mol. The first-order valence-corrected chi connectivity index (χ1v) is 5.95. The molecule has 2 rings (SSSR count). The number of aliphatic hydroxyl groups excluding tert-OH is 1. The van der Waals surface area contributed by atoms with Gasteiger partial charge < -0.3 is 10.4 Å². The van der Waals surface area contributed by atoms with E-state index in [-0.39, 0.29) is 0 Å². The van der Waals surface area contributed by atoms with Crippen LogP contribution in [-0.2, 0) is 4.79 Å². The van der Waals surface area contributed by atoms with Crippen LogP contribution in [0.1, 0.15) is 12.6 Å². The summed E-state index contributed by atoms with van der Waals surface area (Å²) in [7, 11) is 0. The van der Waals surface area contributed by atoms with Crippen molar-refractivity contribution in [1.29, 1.82) is 0 Å². The van der Waals surface area contributed by atoms with Crippen molar-refractivity contribution in [3.63, 3.8) is 0 Å². The number of aryl methyl sites for hydroxylation is 1. The van der Waals surface area contributed by atoms with E-state index in [1.165, 1.54) is 6.92 Å². The highest BCUT2D eigenvalue weighted by Gasteiger charge is 2.08. The molecule has 2 N–H and O–H groups in total. The summed E-state index contributed by atoms with van der Waals surface area (Å²) in [5.41, 5.74) is 2.40. The second kappa shape index (κ2) is 5.58. The summed E-state index contributed by atoms with van der Waals surface area (Å²) in [4.78, 5) is 19.8. The predicted molar refractivity (Wildman–Crippen MR) is 72.5 cm³/mol. The van der Waals surface area contributed by atoms with Crippen molar-refractivity contribution in [2.75, 3.05) is 5.32 Å². The molecule has 98 valence electrons. The van der Waals surface area contributed by atoms with E-state index < -0.39 is 12.0 Å². The largest absolute Gasteiger partial charge is 0.384 e. The predicted octanol–water partition coefficient (Wildman–Crippen LogP) is 1.77. The molecule has 1 amide bonds. The summed E-state index contributed by atoms with van der Waals surface area (Å²) >= 11 is 0. The molecule has 5 heteroatoms. The lowest BCUT2D eigenvalue weighted by atomic mass is 10.2. The smallest absolute Gasteiger partial charge is 0.252 e. The van der Waals surface area contributed by atoms with Crippen molar-refractivity contribution in [1.82, 2.24) is 9.97 Å². The Bertz CT molecular complexity index is 579. The number of nitrogens with one attached hydrogen (secondary N) is 1. The molecular weight excluding hydrogens is 242 g/mol. The molecule has 2 aromatic rings. The maximum atomic E-state index is 11.3. The highest BCUT2D eigenvalue weighted by Crippen LogP contribution is 2.18. The Balaban J connectivity index is 2.17. The lowest BCUT2D eigenvalue weighted by molar-refractivity contribution is -0.123. The van der Waals surface area contributed by atoms with Crippen LogP contribution >= 0.6 is 0 Å². The van der Waals surface area contributed by atoms with Gasteiger partial charge in [-0.15, -0.1) is 0 Å².